The molecule has 0 saturated carbocycles. The number of sulfone groups is 1. The van der Waals surface area contributed by atoms with Crippen LogP contribution in [-0.4, -0.2) is 20.8 Å². The molecule has 2 nitrogen and oxygen atoms in total. The first kappa shape index (κ1) is 12.2. The molecule has 4 heteroatoms. The molecule has 0 aliphatic carbocycles. The Morgan fingerprint density at radius 3 is 2.67 bits per heavy atom. The largest absolute Gasteiger partial charge is 0.251 e. The number of hydrogen-bond acceptors (Lipinski definition) is 2. The summed E-state index contributed by atoms with van der Waals surface area (Å²) in [5.41, 5.74) is 0.877. The molecule has 0 aromatic heterocycles. The highest BCUT2D eigenvalue weighted by Gasteiger charge is 2.11. The quantitative estimate of drug-likeness (QED) is 0.778. The number of rotatable bonds is 5. The maximum Gasteiger partial charge on any atom is 0.178 e. The maximum atomic E-state index is 12.0. The minimum Gasteiger partial charge on any atom is -0.251 e. The monoisotopic (exact) mass is 230 g/mol. The first-order chi connectivity index (χ1) is 7.10. The fourth-order valence-corrected chi connectivity index (χ4v) is 2.28. The summed E-state index contributed by atoms with van der Waals surface area (Å²) in [6, 6.07) is 6.74. The van der Waals surface area contributed by atoms with Crippen molar-refractivity contribution in [1.29, 1.82) is 0 Å². The van der Waals surface area contributed by atoms with E-state index in [9.17, 15) is 12.8 Å². The van der Waals surface area contributed by atoms with Gasteiger partial charge in [-0.15, -0.1) is 0 Å². The summed E-state index contributed by atoms with van der Waals surface area (Å²) in [5, 5.41) is 0. The van der Waals surface area contributed by atoms with Crippen LogP contribution in [0.4, 0.5) is 4.39 Å². The van der Waals surface area contributed by atoms with E-state index < -0.39 is 9.84 Å². The van der Waals surface area contributed by atoms with E-state index in [2.05, 4.69) is 0 Å². The molecule has 0 aliphatic rings. The van der Waals surface area contributed by atoms with Crippen molar-refractivity contribution < 1.29 is 12.8 Å². The van der Waals surface area contributed by atoms with Gasteiger partial charge in [-0.05, 0) is 30.5 Å². The molecular weight excluding hydrogens is 215 g/mol. The summed E-state index contributed by atoms with van der Waals surface area (Å²) in [6.07, 6.45) is 1.03. The lowest BCUT2D eigenvalue weighted by molar-refractivity contribution is 0.473. The summed E-state index contributed by atoms with van der Waals surface area (Å²) < 4.78 is 35.1. The summed E-state index contributed by atoms with van der Waals surface area (Å²) in [7, 11) is -3.14. The Morgan fingerprint density at radius 1 is 1.33 bits per heavy atom. The number of hydrogen-bond donors (Lipinski definition) is 0. The van der Waals surface area contributed by atoms with E-state index in [0.29, 0.717) is 17.7 Å². The van der Waals surface area contributed by atoms with Gasteiger partial charge in [0.05, 0.1) is 17.3 Å². The lowest BCUT2D eigenvalue weighted by Crippen LogP contribution is -2.04. The Bertz CT molecular complexity index is 412. The van der Waals surface area contributed by atoms with E-state index in [1.54, 1.807) is 25.1 Å². The second-order valence-corrected chi connectivity index (χ2v) is 5.62. The average Bonchev–Trinajstić information content (AvgIpc) is 2.27. The van der Waals surface area contributed by atoms with Crippen molar-refractivity contribution in [3.05, 3.63) is 29.8 Å². The summed E-state index contributed by atoms with van der Waals surface area (Å²) in [5.74, 6) is 0.0968. The molecule has 0 spiro atoms. The van der Waals surface area contributed by atoms with Gasteiger partial charge in [-0.1, -0.05) is 19.1 Å². The van der Waals surface area contributed by atoms with Gasteiger partial charge in [-0.3, -0.25) is 4.39 Å². The van der Waals surface area contributed by atoms with Crippen LogP contribution in [0.15, 0.2) is 29.2 Å². The predicted molar refractivity (Wildman–Crippen MR) is 58.5 cm³/mol. The predicted octanol–water partition coefficient (Wildman–Crippen LogP) is 2.38. The fourth-order valence-electron chi connectivity index (χ4n) is 1.33. The topological polar surface area (TPSA) is 34.1 Å². The molecule has 0 amide bonds. The molecular formula is C11H15FO2S. The van der Waals surface area contributed by atoms with Gasteiger partial charge in [0.15, 0.2) is 9.84 Å². The highest BCUT2D eigenvalue weighted by Crippen LogP contribution is 2.14. The SMILES string of the molecule is CCS(=O)(=O)c1cccc(CCCF)c1. The molecule has 0 saturated heterocycles. The molecule has 15 heavy (non-hydrogen) atoms. The standard InChI is InChI=1S/C11H15FO2S/c1-2-15(13,14)11-7-3-5-10(9-11)6-4-8-12/h3,5,7,9H,2,4,6,8H2,1H3. The molecule has 0 radical (unpaired) electrons. The normalized spacial score (nSPS) is 11.6. The third-order valence-electron chi connectivity index (χ3n) is 2.24. The van der Waals surface area contributed by atoms with Crippen LogP contribution in [0, 0.1) is 0 Å². The van der Waals surface area contributed by atoms with Gasteiger partial charge < -0.3 is 0 Å². The van der Waals surface area contributed by atoms with E-state index in [1.807, 2.05) is 6.07 Å². The minimum absolute atomic E-state index is 0.0968. The zero-order chi connectivity index (χ0) is 11.3. The smallest absolute Gasteiger partial charge is 0.178 e. The van der Waals surface area contributed by atoms with E-state index in [1.165, 1.54) is 0 Å². The van der Waals surface area contributed by atoms with Gasteiger partial charge in [0.2, 0.25) is 0 Å². The van der Waals surface area contributed by atoms with Crippen molar-refractivity contribution in [2.75, 3.05) is 12.4 Å². The zero-order valence-corrected chi connectivity index (χ0v) is 9.56. The van der Waals surface area contributed by atoms with Gasteiger partial charge in [-0.25, -0.2) is 8.42 Å². The molecule has 1 aromatic rings. The van der Waals surface area contributed by atoms with Crippen LogP contribution in [0.25, 0.3) is 0 Å². The second-order valence-electron chi connectivity index (χ2n) is 3.34. The van der Waals surface area contributed by atoms with Crippen molar-refractivity contribution in [3.8, 4) is 0 Å². The lowest BCUT2D eigenvalue weighted by Gasteiger charge is -2.04. The van der Waals surface area contributed by atoms with Gasteiger partial charge in [0, 0.05) is 0 Å². The van der Waals surface area contributed by atoms with Crippen LogP contribution in [0.2, 0.25) is 0 Å². The van der Waals surface area contributed by atoms with Crippen molar-refractivity contribution in [2.45, 2.75) is 24.7 Å². The molecule has 0 bridgehead atoms. The highest BCUT2D eigenvalue weighted by atomic mass is 32.2. The molecule has 0 fully saturated rings. The van der Waals surface area contributed by atoms with Gasteiger partial charge in [0.25, 0.3) is 0 Å². The Balaban J connectivity index is 2.93. The average molecular weight is 230 g/mol. The zero-order valence-electron chi connectivity index (χ0n) is 8.74. The van der Waals surface area contributed by atoms with Crippen molar-refractivity contribution in [2.24, 2.45) is 0 Å². The van der Waals surface area contributed by atoms with Crippen LogP contribution >= 0.6 is 0 Å². The van der Waals surface area contributed by atoms with Crippen molar-refractivity contribution in [1.82, 2.24) is 0 Å². The van der Waals surface area contributed by atoms with Crippen LogP contribution < -0.4 is 0 Å². The molecule has 0 heterocycles. The van der Waals surface area contributed by atoms with Gasteiger partial charge in [0.1, 0.15) is 0 Å². The number of aryl methyl sites for hydroxylation is 1. The summed E-state index contributed by atoms with van der Waals surface area (Å²) >= 11 is 0. The minimum atomic E-state index is -3.14. The number of benzene rings is 1. The van der Waals surface area contributed by atoms with Crippen LogP contribution in [-0.2, 0) is 16.3 Å². The fraction of sp³-hybridized carbons (Fsp3) is 0.455. The molecule has 1 rings (SSSR count). The number of halogens is 1. The van der Waals surface area contributed by atoms with Crippen LogP contribution in [0.3, 0.4) is 0 Å². The Labute approximate surface area is 90.0 Å². The first-order valence-electron chi connectivity index (χ1n) is 4.98. The van der Waals surface area contributed by atoms with Crippen molar-refractivity contribution in [3.63, 3.8) is 0 Å². The van der Waals surface area contributed by atoms with E-state index in [0.717, 1.165) is 5.56 Å². The molecule has 0 aliphatic heterocycles. The molecule has 0 atom stereocenters. The Kier molecular flexibility index (Phi) is 4.27. The van der Waals surface area contributed by atoms with Crippen LogP contribution in [0.5, 0.6) is 0 Å². The lowest BCUT2D eigenvalue weighted by atomic mass is 10.1. The number of alkyl halides is 1. The summed E-state index contributed by atoms with van der Waals surface area (Å²) in [6.45, 7) is 1.24. The Morgan fingerprint density at radius 2 is 2.07 bits per heavy atom. The molecule has 84 valence electrons. The van der Waals surface area contributed by atoms with Gasteiger partial charge >= 0.3 is 0 Å². The third-order valence-corrected chi connectivity index (χ3v) is 3.97. The molecule has 0 N–H and O–H groups in total. The van der Waals surface area contributed by atoms with Crippen molar-refractivity contribution >= 4 is 9.84 Å². The first-order valence-corrected chi connectivity index (χ1v) is 6.63. The van der Waals surface area contributed by atoms with E-state index in [-0.39, 0.29) is 12.4 Å². The second kappa shape index (κ2) is 5.26. The highest BCUT2D eigenvalue weighted by molar-refractivity contribution is 7.91. The Hall–Kier alpha value is -0.900. The van der Waals surface area contributed by atoms with Gasteiger partial charge in [-0.2, -0.15) is 0 Å². The summed E-state index contributed by atoms with van der Waals surface area (Å²) in [4.78, 5) is 0.335. The maximum absolute atomic E-state index is 12.0. The van der Waals surface area contributed by atoms with E-state index in [4.69, 9.17) is 0 Å². The third kappa shape index (κ3) is 3.30. The van der Waals surface area contributed by atoms with E-state index >= 15 is 0 Å². The van der Waals surface area contributed by atoms with Crippen LogP contribution in [0.1, 0.15) is 18.9 Å². The molecule has 0 unspecified atom stereocenters. The molecule has 1 aromatic carbocycles.